The summed E-state index contributed by atoms with van der Waals surface area (Å²) in [5.74, 6) is 17.5. The average molecular weight is 1090 g/mol. The van der Waals surface area contributed by atoms with Gasteiger partial charge in [0.2, 0.25) is 0 Å². The van der Waals surface area contributed by atoms with Gasteiger partial charge in [0.25, 0.3) is 0 Å². The number of hydrogen-bond acceptors (Lipinski definition) is 4. The lowest BCUT2D eigenvalue weighted by atomic mass is 9.47. The zero-order chi connectivity index (χ0) is 53.2. The molecule has 0 radical (unpaired) electrons. The Labute approximate surface area is 462 Å². The van der Waals surface area contributed by atoms with Crippen molar-refractivity contribution in [2.75, 3.05) is 11.9 Å². The molecule has 12 aliphatic carbocycles. The van der Waals surface area contributed by atoms with Gasteiger partial charge in [0.1, 0.15) is 0 Å². The molecule has 27 atom stereocenters. The molecular formula is C69H113BrO4. The van der Waals surface area contributed by atoms with Gasteiger partial charge in [-0.1, -0.05) is 88.4 Å². The first kappa shape index (κ1) is 56.8. The van der Waals surface area contributed by atoms with Crippen molar-refractivity contribution in [3.8, 4) is 0 Å². The van der Waals surface area contributed by atoms with Crippen molar-refractivity contribution in [2.45, 2.75) is 240 Å². The Morgan fingerprint density at radius 2 is 0.689 bits per heavy atom. The highest BCUT2D eigenvalue weighted by atomic mass is 79.9. The lowest BCUT2D eigenvalue weighted by molar-refractivity contribution is -0.117. The van der Waals surface area contributed by atoms with Crippen LogP contribution in [-0.4, -0.2) is 49.2 Å². The smallest absolute Gasteiger partial charge is 0.0642 e. The van der Waals surface area contributed by atoms with E-state index in [1.54, 1.807) is 0 Å². The first-order valence-electron chi connectivity index (χ1n) is 32.1. The minimum absolute atomic E-state index is 0.164. The van der Waals surface area contributed by atoms with Gasteiger partial charge in [-0.25, -0.2) is 0 Å². The maximum absolute atomic E-state index is 10.6. The molecule has 12 aliphatic rings. The summed E-state index contributed by atoms with van der Waals surface area (Å²) in [5, 5.41) is 42.5. The summed E-state index contributed by atoms with van der Waals surface area (Å²) in [6.07, 6.45) is 30.7. The van der Waals surface area contributed by atoms with Gasteiger partial charge in [-0.15, -0.1) is 0 Å². The molecule has 4 nitrogen and oxygen atoms in total. The van der Waals surface area contributed by atoms with E-state index in [9.17, 15) is 20.4 Å². The number of allylic oxidation sites excluding steroid dienone is 2. The molecule has 0 amide bonds. The van der Waals surface area contributed by atoms with E-state index in [1.165, 1.54) is 127 Å². The number of alkyl halides is 1. The Morgan fingerprint density at radius 3 is 1.00 bits per heavy atom. The molecule has 12 fully saturated rings. The quantitative estimate of drug-likeness (QED) is 0.163. The summed E-state index contributed by atoms with van der Waals surface area (Å²) in [5.41, 5.74) is 4.13. The van der Waals surface area contributed by atoms with Crippen LogP contribution in [0.1, 0.15) is 223 Å². The van der Waals surface area contributed by atoms with E-state index in [0.29, 0.717) is 22.2 Å². The van der Waals surface area contributed by atoms with Gasteiger partial charge in [-0.2, -0.15) is 0 Å². The second-order valence-corrected chi connectivity index (χ2v) is 32.7. The first-order chi connectivity index (χ1) is 34.8. The molecule has 0 aromatic rings. The van der Waals surface area contributed by atoms with Gasteiger partial charge < -0.3 is 20.4 Å². The van der Waals surface area contributed by atoms with E-state index in [2.05, 4.69) is 105 Å². The number of aliphatic hydroxyl groups is 4. The molecule has 0 aromatic heterocycles. The lowest BCUT2D eigenvalue weighted by Crippen LogP contribution is -2.52. The maximum atomic E-state index is 10.6. The lowest BCUT2D eigenvalue weighted by Gasteiger charge is -2.59. The normalized spacial score (nSPS) is 55.7. The summed E-state index contributed by atoms with van der Waals surface area (Å²) in [6, 6.07) is 0. The fourth-order valence-corrected chi connectivity index (χ4v) is 24.9. The van der Waals surface area contributed by atoms with Crippen LogP contribution in [-0.2, 0) is 0 Å². The third kappa shape index (κ3) is 9.91. The third-order valence-electron chi connectivity index (χ3n) is 27.9. The van der Waals surface area contributed by atoms with E-state index < -0.39 is 16.8 Å². The molecule has 420 valence electrons. The van der Waals surface area contributed by atoms with Crippen molar-refractivity contribution in [1.29, 1.82) is 0 Å². The minimum Gasteiger partial charge on any atom is -0.392 e. The van der Waals surface area contributed by atoms with E-state index in [4.69, 9.17) is 0 Å². The van der Waals surface area contributed by atoms with Crippen molar-refractivity contribution in [1.82, 2.24) is 0 Å². The zero-order valence-electron chi connectivity index (χ0n) is 49.3. The van der Waals surface area contributed by atoms with Crippen LogP contribution in [0.2, 0.25) is 0 Å². The van der Waals surface area contributed by atoms with Gasteiger partial charge in [-0.3, -0.25) is 0 Å². The molecule has 0 heterocycles. The molecular weight excluding hydrogens is 973 g/mol. The molecule has 5 heteroatoms. The van der Waals surface area contributed by atoms with Crippen molar-refractivity contribution in [2.24, 2.45) is 141 Å². The van der Waals surface area contributed by atoms with Crippen LogP contribution in [0.4, 0.5) is 0 Å². The van der Waals surface area contributed by atoms with Crippen LogP contribution in [0.5, 0.6) is 0 Å². The summed E-state index contributed by atoms with van der Waals surface area (Å²) in [7, 11) is 0. The highest BCUT2D eigenvalue weighted by molar-refractivity contribution is 9.09. The summed E-state index contributed by atoms with van der Waals surface area (Å²) < 4.78 is 0. The van der Waals surface area contributed by atoms with Crippen molar-refractivity contribution >= 4 is 15.9 Å². The van der Waals surface area contributed by atoms with Crippen LogP contribution >= 0.6 is 15.9 Å². The maximum Gasteiger partial charge on any atom is 0.0642 e. The van der Waals surface area contributed by atoms with Crippen LogP contribution in [0, 0.1) is 141 Å². The number of hydrogen-bond donors (Lipinski definition) is 4. The monoisotopic (exact) mass is 1080 g/mol. The van der Waals surface area contributed by atoms with E-state index >= 15 is 0 Å². The zero-order valence-corrected chi connectivity index (χ0v) is 50.9. The molecule has 12 saturated carbocycles. The Bertz CT molecular complexity index is 1960. The fraction of sp³-hybridized carbons (Fsp3) is 0.913. The SMILES string of the molecule is C=C(C)[C@H]1CC[C@H]2[C@@H]3C[C@@H](C)[C@@H]4C[C@](C)(O)CC[C@@H]4[C@H]3CC[C@]12C.C=C(CBr)[C@H]1CC[C@H]2[C@@H]3C[C@@H](C)[C@@H]4C[C@](C)(O)CC[C@@H]4[C@H]3CC[C@]12C.C=C(CO)[C@H]1CC[C@H]2[C@@H]3C[C@@H](C)[C@@H]4C[C@](C)(O)CC[C@@H]4[C@H]3CC[C@]12C. The number of halogens is 1. The molecule has 4 N–H and O–H groups in total. The molecule has 0 bridgehead atoms. The summed E-state index contributed by atoms with van der Waals surface area (Å²) >= 11 is 3.68. The standard InChI is InChI=1S/C23H37BrO.C23H38O2.C23H38O/c2*1-14-11-18-16(17-7-9-22(3,25)12-19(14)17)8-10-23(4)20(15(2)13-24)5-6-21(18)23;1-14(2)20-6-7-21-18-12-15(3)19-13-22(4,24)10-8-17(19)16(18)9-11-23(20,21)5/h14,16-21,25H,2,5-13H2,1,3-4H3;14,16-21,24-25H,2,5-13H2,1,3-4H3;15-21,24H,1,6-13H2,2-5H3/t2*14-,16-,17-,18-,19+,20-,21+,22-,23-;15-,16-,17-,18-,19+,20-,21+,22-,23-/m111/s1. The molecule has 0 aliphatic heterocycles. The largest absolute Gasteiger partial charge is 0.392 e. The van der Waals surface area contributed by atoms with Crippen LogP contribution in [0.15, 0.2) is 36.5 Å². The highest BCUT2D eigenvalue weighted by Gasteiger charge is 2.62. The Morgan fingerprint density at radius 1 is 0.405 bits per heavy atom. The predicted molar refractivity (Wildman–Crippen MR) is 311 cm³/mol. The number of fused-ring (bicyclic) bond motifs is 15. The third-order valence-corrected chi connectivity index (χ3v) is 28.7. The van der Waals surface area contributed by atoms with Crippen LogP contribution < -0.4 is 0 Å². The van der Waals surface area contributed by atoms with E-state index in [0.717, 1.165) is 168 Å². The second-order valence-electron chi connectivity index (χ2n) is 32.1. The molecule has 12 rings (SSSR count). The van der Waals surface area contributed by atoms with E-state index in [-0.39, 0.29) is 6.61 Å². The van der Waals surface area contributed by atoms with Gasteiger partial charge in [0.15, 0.2) is 0 Å². The molecule has 74 heavy (non-hydrogen) atoms. The predicted octanol–water partition coefficient (Wildman–Crippen LogP) is 16.8. The van der Waals surface area contributed by atoms with Gasteiger partial charge in [-0.05, 0) is 328 Å². The Balaban J connectivity index is 0.000000127. The number of rotatable bonds is 5. The summed E-state index contributed by atoms with van der Waals surface area (Å²) in [4.78, 5) is 0. The van der Waals surface area contributed by atoms with Crippen molar-refractivity contribution in [3.05, 3.63) is 36.5 Å². The number of aliphatic hydroxyl groups excluding tert-OH is 1. The van der Waals surface area contributed by atoms with Crippen molar-refractivity contribution in [3.63, 3.8) is 0 Å². The second kappa shape index (κ2) is 20.8. The van der Waals surface area contributed by atoms with Gasteiger partial charge in [0.05, 0.1) is 23.4 Å². The Hall–Kier alpha value is -0.460. The topological polar surface area (TPSA) is 80.9 Å². The molecule has 0 aromatic carbocycles. The highest BCUT2D eigenvalue weighted by Crippen LogP contribution is 2.70. The fourth-order valence-electron chi connectivity index (χ4n) is 24.6. The summed E-state index contributed by atoms with van der Waals surface area (Å²) in [6.45, 7) is 36.8. The van der Waals surface area contributed by atoms with Gasteiger partial charge >= 0.3 is 0 Å². The molecule has 0 unspecified atom stereocenters. The Kier molecular flexibility index (Phi) is 16.0. The van der Waals surface area contributed by atoms with Gasteiger partial charge in [0, 0.05) is 5.33 Å². The van der Waals surface area contributed by atoms with Crippen molar-refractivity contribution < 1.29 is 20.4 Å². The molecule has 0 saturated heterocycles. The average Bonchev–Trinajstić information content (AvgIpc) is 4.01. The van der Waals surface area contributed by atoms with Crippen LogP contribution in [0.3, 0.4) is 0 Å². The van der Waals surface area contributed by atoms with E-state index in [1.807, 2.05) is 0 Å². The van der Waals surface area contributed by atoms with Crippen LogP contribution in [0.25, 0.3) is 0 Å². The molecule has 0 spiro atoms. The minimum atomic E-state index is -0.428. The first-order valence-corrected chi connectivity index (χ1v) is 33.2.